The number of aliphatic carboxylic acids is 1. The van der Waals surface area contributed by atoms with Crippen LogP contribution in [0.2, 0.25) is 0 Å². The number of anilines is 1. The number of carboxylic acid groups (broad SMARTS) is 1. The van der Waals surface area contributed by atoms with Gasteiger partial charge in [0.05, 0.1) is 18.1 Å². The van der Waals surface area contributed by atoms with Crippen molar-refractivity contribution >= 4 is 52.1 Å². The first-order chi connectivity index (χ1) is 15.8. The van der Waals surface area contributed by atoms with Crippen molar-refractivity contribution in [3.63, 3.8) is 0 Å². The quantitative estimate of drug-likeness (QED) is 0.433. The average molecular weight is 491 g/mol. The van der Waals surface area contributed by atoms with Gasteiger partial charge in [-0.05, 0) is 31.4 Å². The molecule has 3 heterocycles. The molecular formula is C22H26N4O5S2. The fourth-order valence-corrected chi connectivity index (χ4v) is 5.19. The lowest BCUT2D eigenvalue weighted by molar-refractivity contribution is -0.137. The van der Waals surface area contributed by atoms with E-state index < -0.39 is 5.97 Å². The number of ether oxygens (including phenoxy) is 1. The molecule has 2 saturated heterocycles. The van der Waals surface area contributed by atoms with E-state index in [1.807, 2.05) is 13.0 Å². The minimum atomic E-state index is -0.927. The van der Waals surface area contributed by atoms with Crippen LogP contribution in [0.5, 0.6) is 0 Å². The van der Waals surface area contributed by atoms with E-state index in [0.29, 0.717) is 71.9 Å². The molecule has 0 saturated carbocycles. The van der Waals surface area contributed by atoms with Crippen LogP contribution in [0.15, 0.2) is 9.70 Å². The normalized spacial score (nSPS) is 17.7. The molecule has 33 heavy (non-hydrogen) atoms. The number of amides is 1. The third kappa shape index (κ3) is 5.29. The summed E-state index contributed by atoms with van der Waals surface area (Å²) in [6, 6.07) is 2.04. The molecule has 1 aromatic heterocycles. The van der Waals surface area contributed by atoms with Gasteiger partial charge in [0.1, 0.15) is 21.8 Å². The first-order valence-electron chi connectivity index (χ1n) is 10.8. The fourth-order valence-electron chi connectivity index (χ4n) is 3.90. The number of rotatable bonds is 8. The fraction of sp³-hybridized carbons (Fsp3) is 0.500. The van der Waals surface area contributed by atoms with Crippen molar-refractivity contribution in [3.05, 3.63) is 31.9 Å². The zero-order chi connectivity index (χ0) is 24.1. The summed E-state index contributed by atoms with van der Waals surface area (Å²) < 4.78 is 7.47. The Bertz CT molecular complexity index is 1100. The van der Waals surface area contributed by atoms with Crippen LogP contribution in [0.1, 0.15) is 42.9 Å². The van der Waals surface area contributed by atoms with Crippen LogP contribution in [-0.2, 0) is 20.9 Å². The van der Waals surface area contributed by atoms with Crippen molar-refractivity contribution < 1.29 is 19.4 Å². The van der Waals surface area contributed by atoms with Crippen molar-refractivity contribution in [2.75, 3.05) is 37.7 Å². The summed E-state index contributed by atoms with van der Waals surface area (Å²) in [7, 11) is 0. The Kier molecular flexibility index (Phi) is 8.29. The van der Waals surface area contributed by atoms with Gasteiger partial charge < -0.3 is 14.7 Å². The number of thioether (sulfide) groups is 1. The van der Waals surface area contributed by atoms with Crippen molar-refractivity contribution in [1.82, 2.24) is 9.47 Å². The van der Waals surface area contributed by atoms with Gasteiger partial charge in [-0.1, -0.05) is 30.9 Å². The number of thiocarbonyl (C=S) groups is 1. The predicted molar refractivity (Wildman–Crippen MR) is 130 cm³/mol. The highest BCUT2D eigenvalue weighted by molar-refractivity contribution is 8.26. The largest absolute Gasteiger partial charge is 0.481 e. The van der Waals surface area contributed by atoms with Gasteiger partial charge in [-0.2, -0.15) is 5.26 Å². The summed E-state index contributed by atoms with van der Waals surface area (Å²) in [6.45, 7) is 6.56. The number of hydrogen-bond donors (Lipinski definition) is 1. The third-order valence-electron chi connectivity index (χ3n) is 5.53. The molecular weight excluding hydrogens is 464 g/mol. The zero-order valence-corrected chi connectivity index (χ0v) is 20.3. The van der Waals surface area contributed by atoms with Crippen molar-refractivity contribution in [2.45, 2.75) is 39.7 Å². The highest BCUT2D eigenvalue weighted by Gasteiger charge is 2.33. The summed E-state index contributed by atoms with van der Waals surface area (Å²) >= 11 is 6.51. The molecule has 176 valence electrons. The summed E-state index contributed by atoms with van der Waals surface area (Å²) in [5, 5.41) is 18.6. The van der Waals surface area contributed by atoms with Crippen molar-refractivity contribution in [3.8, 4) is 6.07 Å². The molecule has 2 aliphatic rings. The predicted octanol–water partition coefficient (Wildman–Crippen LogP) is 2.34. The zero-order valence-electron chi connectivity index (χ0n) is 18.6. The van der Waals surface area contributed by atoms with E-state index in [1.165, 1.54) is 4.90 Å². The topological polar surface area (TPSA) is 116 Å². The molecule has 1 N–H and O–H groups in total. The summed E-state index contributed by atoms with van der Waals surface area (Å²) in [4.78, 5) is 40.9. The lowest BCUT2D eigenvalue weighted by Crippen LogP contribution is -2.41. The van der Waals surface area contributed by atoms with E-state index >= 15 is 0 Å². The van der Waals surface area contributed by atoms with E-state index in [0.717, 1.165) is 11.8 Å². The molecule has 2 aliphatic heterocycles. The van der Waals surface area contributed by atoms with Gasteiger partial charge in [-0.25, -0.2) is 0 Å². The molecule has 0 atom stereocenters. The monoisotopic (exact) mass is 490 g/mol. The maximum atomic E-state index is 13.1. The molecule has 0 bridgehead atoms. The number of aromatic nitrogens is 1. The standard InChI is InChI=1S/C22H26N4O5S2/c1-3-6-25-19(24-8-10-31-11-9-24)15(14(2)16(13-23)20(25)29)12-17-21(30)26(22(32)33-17)7-4-5-18(27)28/h12H,3-11H2,1-2H3,(H,27,28). The Balaban J connectivity index is 2.10. The molecule has 0 radical (unpaired) electrons. The second-order valence-corrected chi connectivity index (χ2v) is 9.41. The van der Waals surface area contributed by atoms with Crippen LogP contribution in [-0.4, -0.2) is 63.6 Å². The molecule has 0 aromatic carbocycles. The van der Waals surface area contributed by atoms with E-state index in [4.69, 9.17) is 22.1 Å². The van der Waals surface area contributed by atoms with E-state index in [9.17, 15) is 19.6 Å². The minimum absolute atomic E-state index is 0.0517. The highest BCUT2D eigenvalue weighted by Crippen LogP contribution is 2.36. The van der Waals surface area contributed by atoms with Gasteiger partial charge in [0, 0.05) is 38.2 Å². The summed E-state index contributed by atoms with van der Waals surface area (Å²) in [5.74, 6) is -0.545. The van der Waals surface area contributed by atoms with Crippen LogP contribution < -0.4 is 10.5 Å². The van der Waals surface area contributed by atoms with Gasteiger partial charge in [-0.3, -0.25) is 23.9 Å². The number of pyridine rings is 1. The highest BCUT2D eigenvalue weighted by atomic mass is 32.2. The van der Waals surface area contributed by atoms with E-state index in [2.05, 4.69) is 4.90 Å². The van der Waals surface area contributed by atoms with Gasteiger partial charge >= 0.3 is 5.97 Å². The van der Waals surface area contributed by atoms with Gasteiger partial charge in [-0.15, -0.1) is 0 Å². The van der Waals surface area contributed by atoms with Crippen LogP contribution in [0.4, 0.5) is 5.82 Å². The number of carbonyl (C=O) groups is 2. The van der Waals surface area contributed by atoms with E-state index in [1.54, 1.807) is 17.6 Å². The van der Waals surface area contributed by atoms with Gasteiger partial charge in [0.15, 0.2) is 0 Å². The summed E-state index contributed by atoms with van der Waals surface area (Å²) in [6.07, 6.45) is 2.66. The smallest absolute Gasteiger partial charge is 0.303 e. The first-order valence-corrected chi connectivity index (χ1v) is 12.0. The molecule has 2 fully saturated rings. The second-order valence-electron chi connectivity index (χ2n) is 7.74. The Hall–Kier alpha value is -2.68. The number of hydrogen-bond acceptors (Lipinski definition) is 8. The van der Waals surface area contributed by atoms with Crippen LogP contribution >= 0.6 is 24.0 Å². The Morgan fingerprint density at radius 1 is 1.30 bits per heavy atom. The first kappa shape index (κ1) is 25.0. The maximum Gasteiger partial charge on any atom is 0.303 e. The number of carboxylic acids is 1. The SMILES string of the molecule is CCCn1c(N2CCOCC2)c(C=C2SC(=S)N(CCCC(=O)O)C2=O)c(C)c(C#N)c1=O. The summed E-state index contributed by atoms with van der Waals surface area (Å²) in [5.41, 5.74) is 0.889. The number of morpholine rings is 1. The molecule has 1 aromatic rings. The third-order valence-corrected chi connectivity index (χ3v) is 6.90. The average Bonchev–Trinajstić information content (AvgIpc) is 3.05. The van der Waals surface area contributed by atoms with Crippen LogP contribution in [0.25, 0.3) is 6.08 Å². The lowest BCUT2D eigenvalue weighted by atomic mass is 10.0. The maximum absolute atomic E-state index is 13.1. The molecule has 3 rings (SSSR count). The molecule has 0 aliphatic carbocycles. The van der Waals surface area contributed by atoms with Crippen molar-refractivity contribution in [2.24, 2.45) is 0 Å². The Morgan fingerprint density at radius 3 is 2.61 bits per heavy atom. The van der Waals surface area contributed by atoms with Gasteiger partial charge in [0.2, 0.25) is 0 Å². The number of nitrogens with zero attached hydrogens (tertiary/aromatic N) is 4. The molecule has 9 nitrogen and oxygen atoms in total. The molecule has 0 spiro atoms. The molecule has 0 unspecified atom stereocenters. The number of nitriles is 1. The molecule has 11 heteroatoms. The number of carbonyl (C=O) groups excluding carboxylic acids is 1. The van der Waals surface area contributed by atoms with E-state index in [-0.39, 0.29) is 30.0 Å². The minimum Gasteiger partial charge on any atom is -0.481 e. The Morgan fingerprint density at radius 2 is 2.00 bits per heavy atom. The second kappa shape index (κ2) is 11.0. The molecule has 1 amide bonds. The lowest BCUT2D eigenvalue weighted by Gasteiger charge is -2.33. The van der Waals surface area contributed by atoms with Crippen molar-refractivity contribution in [1.29, 1.82) is 5.26 Å². The van der Waals surface area contributed by atoms with Crippen LogP contribution in [0, 0.1) is 18.3 Å². The van der Waals surface area contributed by atoms with Crippen LogP contribution in [0.3, 0.4) is 0 Å². The Labute approximate surface area is 201 Å². The van der Waals surface area contributed by atoms with Gasteiger partial charge in [0.25, 0.3) is 11.5 Å².